The van der Waals surface area contributed by atoms with Crippen molar-refractivity contribution in [2.45, 2.75) is 24.9 Å². The van der Waals surface area contributed by atoms with Crippen LogP contribution in [0.25, 0.3) is 5.69 Å². The molecule has 3 fully saturated rings. The maximum atomic E-state index is 12.7. The Balaban J connectivity index is 1.55. The van der Waals surface area contributed by atoms with Gasteiger partial charge in [0.15, 0.2) is 0 Å². The van der Waals surface area contributed by atoms with Crippen molar-refractivity contribution in [2.24, 2.45) is 0 Å². The average molecular weight is 283 g/mol. The number of nitrogens with zero attached hydrogens (tertiary/aromatic N) is 4. The SMILES string of the molecule is O=C(c1ccc(-n2ccnn2)cc1)N1CC2CCC1CN2. The van der Waals surface area contributed by atoms with Crippen LogP contribution in [0.1, 0.15) is 23.2 Å². The van der Waals surface area contributed by atoms with Gasteiger partial charge in [0, 0.05) is 30.7 Å². The first-order valence-corrected chi connectivity index (χ1v) is 7.32. The third-order valence-electron chi connectivity index (χ3n) is 4.41. The highest BCUT2D eigenvalue weighted by Crippen LogP contribution is 2.24. The van der Waals surface area contributed by atoms with E-state index >= 15 is 0 Å². The van der Waals surface area contributed by atoms with E-state index in [2.05, 4.69) is 15.6 Å². The Morgan fingerprint density at radius 2 is 2.10 bits per heavy atom. The van der Waals surface area contributed by atoms with Gasteiger partial charge in [0.25, 0.3) is 5.91 Å². The van der Waals surface area contributed by atoms with Crippen LogP contribution in [0.3, 0.4) is 0 Å². The molecule has 0 aliphatic carbocycles. The van der Waals surface area contributed by atoms with E-state index < -0.39 is 0 Å². The van der Waals surface area contributed by atoms with Crippen LogP contribution >= 0.6 is 0 Å². The van der Waals surface area contributed by atoms with Crippen molar-refractivity contribution in [3.05, 3.63) is 42.2 Å². The summed E-state index contributed by atoms with van der Waals surface area (Å²) < 4.78 is 1.68. The van der Waals surface area contributed by atoms with Gasteiger partial charge in [-0.1, -0.05) is 5.21 Å². The van der Waals surface area contributed by atoms with Crippen molar-refractivity contribution in [1.29, 1.82) is 0 Å². The van der Waals surface area contributed by atoms with E-state index in [4.69, 9.17) is 0 Å². The monoisotopic (exact) mass is 283 g/mol. The van der Waals surface area contributed by atoms with E-state index in [1.165, 1.54) is 6.42 Å². The van der Waals surface area contributed by atoms with Gasteiger partial charge >= 0.3 is 0 Å². The Hall–Kier alpha value is -2.21. The van der Waals surface area contributed by atoms with Crippen molar-refractivity contribution >= 4 is 5.91 Å². The number of fused-ring (bicyclic) bond motifs is 3. The van der Waals surface area contributed by atoms with Gasteiger partial charge in [-0.3, -0.25) is 4.79 Å². The molecule has 108 valence electrons. The van der Waals surface area contributed by atoms with Gasteiger partial charge < -0.3 is 10.2 Å². The van der Waals surface area contributed by atoms with Gasteiger partial charge in [0.2, 0.25) is 0 Å². The maximum Gasteiger partial charge on any atom is 0.254 e. The zero-order valence-corrected chi connectivity index (χ0v) is 11.6. The highest BCUT2D eigenvalue weighted by Gasteiger charge is 2.36. The minimum Gasteiger partial charge on any atom is -0.333 e. The van der Waals surface area contributed by atoms with E-state index in [9.17, 15) is 4.79 Å². The lowest BCUT2D eigenvalue weighted by molar-refractivity contribution is 0.0441. The molecule has 0 radical (unpaired) electrons. The van der Waals surface area contributed by atoms with Crippen LogP contribution in [-0.2, 0) is 0 Å². The third-order valence-corrected chi connectivity index (χ3v) is 4.41. The highest BCUT2D eigenvalue weighted by atomic mass is 16.2. The number of benzene rings is 1. The number of carbonyl (C=O) groups is 1. The molecule has 2 aromatic rings. The molecular formula is C15H17N5O. The fourth-order valence-electron chi connectivity index (χ4n) is 3.23. The average Bonchev–Trinajstić information content (AvgIpc) is 3.10. The number of carbonyl (C=O) groups excluding carboxylic acids is 1. The van der Waals surface area contributed by atoms with E-state index in [0.29, 0.717) is 12.1 Å². The molecule has 6 heteroatoms. The molecule has 6 nitrogen and oxygen atoms in total. The van der Waals surface area contributed by atoms with Crippen LogP contribution in [0.15, 0.2) is 36.7 Å². The molecular weight excluding hydrogens is 266 g/mol. The smallest absolute Gasteiger partial charge is 0.254 e. The predicted octanol–water partition coefficient (Wildman–Crippen LogP) is 0.844. The molecule has 3 aliphatic heterocycles. The summed E-state index contributed by atoms with van der Waals surface area (Å²) in [4.78, 5) is 14.7. The number of aromatic nitrogens is 3. The van der Waals surface area contributed by atoms with Gasteiger partial charge in [0.1, 0.15) is 0 Å². The molecule has 0 saturated carbocycles. The van der Waals surface area contributed by atoms with E-state index in [1.807, 2.05) is 29.2 Å². The molecule has 1 amide bonds. The van der Waals surface area contributed by atoms with E-state index in [1.54, 1.807) is 17.1 Å². The Kier molecular flexibility index (Phi) is 2.96. The molecule has 2 unspecified atom stereocenters. The molecule has 1 N–H and O–H groups in total. The second-order valence-corrected chi connectivity index (χ2v) is 5.69. The zero-order valence-electron chi connectivity index (χ0n) is 11.6. The molecule has 2 bridgehead atoms. The van der Waals surface area contributed by atoms with Crippen molar-refractivity contribution < 1.29 is 4.79 Å². The summed E-state index contributed by atoms with van der Waals surface area (Å²) >= 11 is 0. The van der Waals surface area contributed by atoms with Crippen LogP contribution in [0.5, 0.6) is 0 Å². The Morgan fingerprint density at radius 1 is 1.24 bits per heavy atom. The lowest BCUT2D eigenvalue weighted by Gasteiger charge is -2.46. The van der Waals surface area contributed by atoms with Gasteiger partial charge in [0.05, 0.1) is 18.1 Å². The molecule has 2 atom stereocenters. The molecule has 5 rings (SSSR count). The summed E-state index contributed by atoms with van der Waals surface area (Å²) in [5, 5.41) is 11.2. The molecule has 1 aromatic heterocycles. The first-order valence-electron chi connectivity index (χ1n) is 7.32. The molecule has 3 saturated heterocycles. The summed E-state index contributed by atoms with van der Waals surface area (Å²) in [6.45, 7) is 1.75. The second kappa shape index (κ2) is 4.96. The molecule has 3 aliphatic rings. The summed E-state index contributed by atoms with van der Waals surface area (Å²) in [6.07, 6.45) is 5.71. The normalized spacial score (nSPS) is 24.3. The summed E-state index contributed by atoms with van der Waals surface area (Å²) in [5.74, 6) is 0.136. The standard InChI is InChI=1S/C15H17N5O/c21-15(19-10-12-3-6-14(19)9-16-12)11-1-4-13(5-2-11)20-8-7-17-18-20/h1-2,4-5,7-8,12,14,16H,3,6,9-10H2. The number of amides is 1. The van der Waals surface area contributed by atoms with E-state index in [0.717, 1.165) is 30.8 Å². The Labute approximate surface area is 122 Å². The first kappa shape index (κ1) is 12.5. The van der Waals surface area contributed by atoms with Crippen LogP contribution < -0.4 is 5.32 Å². The zero-order chi connectivity index (χ0) is 14.2. The summed E-state index contributed by atoms with van der Waals surface area (Å²) in [5.41, 5.74) is 1.65. The largest absolute Gasteiger partial charge is 0.333 e. The number of hydrogen-bond donors (Lipinski definition) is 1. The minimum absolute atomic E-state index is 0.136. The Bertz CT molecular complexity index is 629. The van der Waals surface area contributed by atoms with Gasteiger partial charge in [-0.2, -0.15) is 0 Å². The third kappa shape index (κ3) is 2.21. The Morgan fingerprint density at radius 3 is 2.67 bits per heavy atom. The van der Waals surface area contributed by atoms with Crippen LogP contribution in [0, 0.1) is 0 Å². The second-order valence-electron chi connectivity index (χ2n) is 5.69. The van der Waals surface area contributed by atoms with Crippen LogP contribution in [0.4, 0.5) is 0 Å². The summed E-state index contributed by atoms with van der Waals surface area (Å²) in [6, 6.07) is 8.36. The quantitative estimate of drug-likeness (QED) is 0.887. The minimum atomic E-state index is 0.136. The predicted molar refractivity (Wildman–Crippen MR) is 77.2 cm³/mol. The van der Waals surface area contributed by atoms with Crippen molar-refractivity contribution in [3.63, 3.8) is 0 Å². The first-order chi connectivity index (χ1) is 10.3. The fourth-order valence-corrected chi connectivity index (χ4v) is 3.23. The molecule has 21 heavy (non-hydrogen) atoms. The summed E-state index contributed by atoms with van der Waals surface area (Å²) in [7, 11) is 0. The molecule has 4 heterocycles. The lowest BCUT2D eigenvalue weighted by atomic mass is 9.92. The highest BCUT2D eigenvalue weighted by molar-refractivity contribution is 5.94. The van der Waals surface area contributed by atoms with Gasteiger partial charge in [-0.25, -0.2) is 4.68 Å². The number of piperidine rings is 2. The van der Waals surface area contributed by atoms with Crippen LogP contribution in [-0.4, -0.2) is 51.0 Å². The molecule has 1 aromatic carbocycles. The number of rotatable bonds is 2. The van der Waals surface area contributed by atoms with Gasteiger partial charge in [-0.05, 0) is 37.1 Å². The topological polar surface area (TPSA) is 63.1 Å². The number of hydrogen-bond acceptors (Lipinski definition) is 4. The van der Waals surface area contributed by atoms with Gasteiger partial charge in [-0.15, -0.1) is 5.10 Å². The lowest BCUT2D eigenvalue weighted by Crippen LogP contribution is -2.62. The fraction of sp³-hybridized carbons (Fsp3) is 0.400. The maximum absolute atomic E-state index is 12.7. The number of piperazine rings is 1. The number of nitrogens with one attached hydrogen (secondary N) is 1. The van der Waals surface area contributed by atoms with Crippen molar-refractivity contribution in [2.75, 3.05) is 13.1 Å². The van der Waals surface area contributed by atoms with Crippen LogP contribution in [0.2, 0.25) is 0 Å². The molecule has 0 spiro atoms. The van der Waals surface area contributed by atoms with Crippen molar-refractivity contribution in [3.8, 4) is 5.69 Å². The van der Waals surface area contributed by atoms with E-state index in [-0.39, 0.29) is 5.91 Å². The van der Waals surface area contributed by atoms with Crippen molar-refractivity contribution in [1.82, 2.24) is 25.2 Å².